The minimum Gasteiger partial charge on any atom is -0.481 e. The number of rotatable bonds is 11. The zero-order chi connectivity index (χ0) is 17.2. The molecule has 0 spiro atoms. The highest BCUT2D eigenvalue weighted by Gasteiger charge is 2.08. The van der Waals surface area contributed by atoms with Gasteiger partial charge in [0.15, 0.2) is 0 Å². The van der Waals surface area contributed by atoms with E-state index < -0.39 is 5.97 Å². The summed E-state index contributed by atoms with van der Waals surface area (Å²) in [5.74, 6) is -0.745. The Kier molecular flexibility index (Phi) is 15.6. The highest BCUT2D eigenvalue weighted by Crippen LogP contribution is 2.27. The number of hydrogen-bond donors (Lipinski definition) is 1. The minimum atomic E-state index is -0.745. The van der Waals surface area contributed by atoms with E-state index in [0.29, 0.717) is 0 Å². The highest BCUT2D eigenvalue weighted by atomic mass is 16.4. The van der Waals surface area contributed by atoms with Crippen molar-refractivity contribution in [2.45, 2.75) is 78.1 Å². The van der Waals surface area contributed by atoms with E-state index in [9.17, 15) is 4.79 Å². The first kappa shape index (κ1) is 21.4. The maximum Gasteiger partial charge on any atom is 0.303 e. The number of carboxylic acid groups (broad SMARTS) is 1. The molecule has 0 unspecified atom stereocenters. The summed E-state index contributed by atoms with van der Waals surface area (Å²) in [5.41, 5.74) is 1.64. The number of allylic oxidation sites excluding steroid dienone is 8. The fraction of sp³-hybridized carbons (Fsp3) is 0.571. The van der Waals surface area contributed by atoms with Crippen LogP contribution in [0.3, 0.4) is 0 Å². The summed E-state index contributed by atoms with van der Waals surface area (Å²) in [6.45, 7) is 3.85. The lowest BCUT2D eigenvalue weighted by molar-refractivity contribution is -0.136. The fourth-order valence-electron chi connectivity index (χ4n) is 1.78. The molecule has 0 aromatic heterocycles. The van der Waals surface area contributed by atoms with E-state index >= 15 is 0 Å². The summed E-state index contributed by atoms with van der Waals surface area (Å²) >= 11 is 0. The molecule has 0 atom stereocenters. The Balaban J connectivity index is 0.000000841. The molecule has 1 saturated carbocycles. The van der Waals surface area contributed by atoms with E-state index in [-0.39, 0.29) is 6.42 Å². The second-order valence-corrected chi connectivity index (χ2v) is 5.73. The van der Waals surface area contributed by atoms with Gasteiger partial charge in [0.25, 0.3) is 0 Å². The molecule has 0 heterocycles. The SMILES string of the molecule is CCC(=O)O.CCCCC/C=C\C/C=C\C/C=C\CC=C1CC1. The van der Waals surface area contributed by atoms with E-state index in [2.05, 4.69) is 49.5 Å². The Bertz CT molecular complexity index is 394. The zero-order valence-corrected chi connectivity index (χ0v) is 15.0. The Hall–Kier alpha value is -1.57. The Morgan fingerprint density at radius 2 is 1.43 bits per heavy atom. The maximum atomic E-state index is 9.37. The average molecular weight is 319 g/mol. The van der Waals surface area contributed by atoms with Gasteiger partial charge in [0.1, 0.15) is 0 Å². The summed E-state index contributed by atoms with van der Waals surface area (Å²) in [7, 11) is 0. The van der Waals surface area contributed by atoms with Crippen molar-refractivity contribution in [1.82, 2.24) is 0 Å². The summed E-state index contributed by atoms with van der Waals surface area (Å²) in [4.78, 5) is 9.37. The first-order chi connectivity index (χ1) is 11.2. The van der Waals surface area contributed by atoms with Crippen LogP contribution in [0.15, 0.2) is 48.1 Å². The fourth-order valence-corrected chi connectivity index (χ4v) is 1.78. The van der Waals surface area contributed by atoms with Crippen molar-refractivity contribution in [2.75, 3.05) is 0 Å². The Morgan fingerprint density at radius 3 is 1.91 bits per heavy atom. The van der Waals surface area contributed by atoms with Crippen LogP contribution in [0, 0.1) is 0 Å². The molecule has 0 aromatic carbocycles. The first-order valence-corrected chi connectivity index (χ1v) is 9.05. The van der Waals surface area contributed by atoms with Crippen molar-refractivity contribution >= 4 is 5.97 Å². The van der Waals surface area contributed by atoms with Crippen molar-refractivity contribution in [3.63, 3.8) is 0 Å². The van der Waals surface area contributed by atoms with E-state index in [0.717, 1.165) is 19.3 Å². The third-order valence-corrected chi connectivity index (χ3v) is 3.40. The molecule has 1 N–H and O–H groups in total. The Morgan fingerprint density at radius 1 is 0.913 bits per heavy atom. The van der Waals surface area contributed by atoms with Crippen LogP contribution in [-0.2, 0) is 4.79 Å². The van der Waals surface area contributed by atoms with Gasteiger partial charge >= 0.3 is 5.97 Å². The molecule has 2 heteroatoms. The van der Waals surface area contributed by atoms with Gasteiger partial charge in [-0.3, -0.25) is 4.79 Å². The van der Waals surface area contributed by atoms with Gasteiger partial charge in [0.2, 0.25) is 0 Å². The zero-order valence-electron chi connectivity index (χ0n) is 15.0. The van der Waals surface area contributed by atoms with Crippen molar-refractivity contribution in [3.8, 4) is 0 Å². The van der Waals surface area contributed by atoms with E-state index in [1.54, 1.807) is 12.5 Å². The predicted octanol–water partition coefficient (Wildman–Crippen LogP) is 6.61. The Labute approximate surface area is 142 Å². The largest absolute Gasteiger partial charge is 0.481 e. The van der Waals surface area contributed by atoms with E-state index in [4.69, 9.17) is 5.11 Å². The van der Waals surface area contributed by atoms with Gasteiger partial charge in [-0.2, -0.15) is 0 Å². The number of unbranched alkanes of at least 4 members (excludes halogenated alkanes) is 3. The van der Waals surface area contributed by atoms with Crippen molar-refractivity contribution < 1.29 is 9.90 Å². The molecule has 130 valence electrons. The molecule has 0 aliphatic heterocycles. The van der Waals surface area contributed by atoms with Gasteiger partial charge in [-0.1, -0.05) is 74.8 Å². The van der Waals surface area contributed by atoms with Crippen LogP contribution in [0.2, 0.25) is 0 Å². The lowest BCUT2D eigenvalue weighted by Crippen LogP contribution is -1.86. The lowest BCUT2D eigenvalue weighted by atomic mass is 10.2. The molecule has 1 fully saturated rings. The van der Waals surface area contributed by atoms with Crippen LogP contribution in [0.1, 0.15) is 78.1 Å². The van der Waals surface area contributed by atoms with E-state index in [1.807, 2.05) is 0 Å². The molecule has 0 bridgehead atoms. The van der Waals surface area contributed by atoms with Crippen molar-refractivity contribution in [2.24, 2.45) is 0 Å². The normalized spacial score (nSPS) is 13.6. The topological polar surface area (TPSA) is 37.3 Å². The highest BCUT2D eigenvalue weighted by molar-refractivity contribution is 5.66. The quantitative estimate of drug-likeness (QED) is 0.344. The van der Waals surface area contributed by atoms with Gasteiger partial charge < -0.3 is 5.11 Å². The van der Waals surface area contributed by atoms with Crippen LogP contribution >= 0.6 is 0 Å². The van der Waals surface area contributed by atoms with Crippen LogP contribution < -0.4 is 0 Å². The van der Waals surface area contributed by atoms with Crippen LogP contribution in [0.4, 0.5) is 0 Å². The molecule has 0 amide bonds. The molecular formula is C21H34O2. The monoisotopic (exact) mass is 318 g/mol. The molecule has 23 heavy (non-hydrogen) atoms. The van der Waals surface area contributed by atoms with Gasteiger partial charge in [0, 0.05) is 6.42 Å². The van der Waals surface area contributed by atoms with Gasteiger partial charge in [-0.15, -0.1) is 0 Å². The molecule has 1 rings (SSSR count). The predicted molar refractivity (Wildman–Crippen MR) is 101 cm³/mol. The van der Waals surface area contributed by atoms with Crippen molar-refractivity contribution in [3.05, 3.63) is 48.1 Å². The molecule has 1 aliphatic rings. The lowest BCUT2D eigenvalue weighted by Gasteiger charge is -1.90. The van der Waals surface area contributed by atoms with Crippen LogP contribution in [0.25, 0.3) is 0 Å². The summed E-state index contributed by atoms with van der Waals surface area (Å²) in [6.07, 6.45) is 27.5. The summed E-state index contributed by atoms with van der Waals surface area (Å²) < 4.78 is 0. The first-order valence-electron chi connectivity index (χ1n) is 9.05. The molecular weight excluding hydrogens is 284 g/mol. The number of hydrogen-bond acceptors (Lipinski definition) is 1. The van der Waals surface area contributed by atoms with Crippen LogP contribution in [-0.4, -0.2) is 11.1 Å². The third-order valence-electron chi connectivity index (χ3n) is 3.40. The van der Waals surface area contributed by atoms with Gasteiger partial charge in [-0.05, 0) is 44.9 Å². The number of carboxylic acids is 1. The minimum absolute atomic E-state index is 0.222. The molecule has 2 nitrogen and oxygen atoms in total. The smallest absolute Gasteiger partial charge is 0.303 e. The second-order valence-electron chi connectivity index (χ2n) is 5.73. The number of carbonyl (C=O) groups is 1. The summed E-state index contributed by atoms with van der Waals surface area (Å²) in [6, 6.07) is 0. The standard InChI is InChI=1S/C18H28.C3H6O2/c1-2-3-4-5-6-7-8-9-10-11-12-13-14-15-18-16-17-18;1-2-3(4)5/h6-7,9-10,12-13,15H,2-5,8,11,14,16-17H2,1H3;2H2,1H3,(H,4,5)/b7-6-,10-9-,13-12-;. The van der Waals surface area contributed by atoms with E-state index in [1.165, 1.54) is 38.5 Å². The van der Waals surface area contributed by atoms with Gasteiger partial charge in [0.05, 0.1) is 0 Å². The third kappa shape index (κ3) is 20.4. The van der Waals surface area contributed by atoms with Crippen LogP contribution in [0.5, 0.6) is 0 Å². The average Bonchev–Trinajstić information content (AvgIpc) is 3.36. The molecule has 0 radical (unpaired) electrons. The number of aliphatic carboxylic acids is 1. The van der Waals surface area contributed by atoms with Crippen molar-refractivity contribution in [1.29, 1.82) is 0 Å². The molecule has 0 aromatic rings. The maximum absolute atomic E-state index is 9.37. The van der Waals surface area contributed by atoms with Gasteiger partial charge in [-0.25, -0.2) is 0 Å². The molecule has 1 aliphatic carbocycles. The second kappa shape index (κ2) is 16.8. The summed E-state index contributed by atoms with van der Waals surface area (Å²) in [5, 5.41) is 7.72. The molecule has 0 saturated heterocycles.